The van der Waals surface area contributed by atoms with Gasteiger partial charge in [-0.3, -0.25) is 4.57 Å². The molecule has 74 valence electrons. The van der Waals surface area contributed by atoms with Crippen molar-refractivity contribution in [3.05, 3.63) is 12.4 Å². The van der Waals surface area contributed by atoms with Crippen LogP contribution in [0.2, 0.25) is 0 Å². The summed E-state index contributed by atoms with van der Waals surface area (Å²) in [4.78, 5) is 3.91. The molecule has 0 saturated heterocycles. The molecule has 1 rings (SSSR count). The molecule has 0 unspecified atom stereocenters. The molecule has 0 atom stereocenters. The van der Waals surface area contributed by atoms with Gasteiger partial charge in [0.2, 0.25) is 5.95 Å². The zero-order valence-electron chi connectivity index (χ0n) is 8.23. The number of hydrogen-bond acceptors (Lipinski definition) is 3. The fraction of sp³-hybridized carbons (Fsp3) is 0.667. The summed E-state index contributed by atoms with van der Waals surface area (Å²) in [6, 6.07) is 0. The Bertz CT molecular complexity index is 243. The molecule has 0 amide bonds. The van der Waals surface area contributed by atoms with E-state index in [0.29, 0.717) is 18.8 Å². The van der Waals surface area contributed by atoms with Crippen LogP contribution in [0.3, 0.4) is 0 Å². The Labute approximate surface area is 78.7 Å². The lowest BCUT2D eigenvalue weighted by Gasteiger charge is -2.14. The van der Waals surface area contributed by atoms with E-state index < -0.39 is 0 Å². The van der Waals surface area contributed by atoms with Gasteiger partial charge in [-0.15, -0.1) is 0 Å². The zero-order chi connectivity index (χ0) is 9.68. The van der Waals surface area contributed by atoms with Gasteiger partial charge in [0.05, 0.1) is 6.10 Å². The van der Waals surface area contributed by atoms with E-state index in [9.17, 15) is 0 Å². The molecule has 0 aliphatic heterocycles. The lowest BCUT2D eigenvalue weighted by molar-refractivity contribution is 0.00410. The highest BCUT2D eigenvalue weighted by Crippen LogP contribution is 2.06. The standard InChI is InChI=1S/C9H17N3O/c1-3-8(4-2)13-7-12-6-5-11-9(12)10/h5-6,8H,3-4,7H2,1-2H3,(H2,10,11). The maximum Gasteiger partial charge on any atom is 0.202 e. The van der Waals surface area contributed by atoms with Crippen LogP contribution in [0.4, 0.5) is 5.95 Å². The topological polar surface area (TPSA) is 53.1 Å². The van der Waals surface area contributed by atoms with Gasteiger partial charge in [-0.1, -0.05) is 13.8 Å². The Morgan fingerprint density at radius 3 is 2.69 bits per heavy atom. The van der Waals surface area contributed by atoms with Crippen molar-refractivity contribution >= 4 is 5.95 Å². The number of anilines is 1. The molecule has 0 aliphatic rings. The first kappa shape index (κ1) is 10.1. The number of nitrogens with zero attached hydrogens (tertiary/aromatic N) is 2. The molecule has 1 aromatic heterocycles. The van der Waals surface area contributed by atoms with E-state index >= 15 is 0 Å². The van der Waals surface area contributed by atoms with Crippen LogP contribution in [0.25, 0.3) is 0 Å². The van der Waals surface area contributed by atoms with E-state index in [1.165, 1.54) is 0 Å². The quantitative estimate of drug-likeness (QED) is 0.754. The SMILES string of the molecule is CCC(CC)OCn1ccnc1N. The van der Waals surface area contributed by atoms with Crippen molar-refractivity contribution in [2.75, 3.05) is 5.73 Å². The Hall–Kier alpha value is -1.03. The van der Waals surface area contributed by atoms with Gasteiger partial charge in [-0.05, 0) is 12.8 Å². The molecule has 2 N–H and O–H groups in total. The van der Waals surface area contributed by atoms with Crippen molar-refractivity contribution < 1.29 is 4.74 Å². The predicted octanol–water partition coefficient (Wildman–Crippen LogP) is 1.63. The maximum atomic E-state index is 5.61. The smallest absolute Gasteiger partial charge is 0.202 e. The molecule has 0 radical (unpaired) electrons. The molecule has 4 heteroatoms. The minimum atomic E-state index is 0.321. The lowest BCUT2D eigenvalue weighted by atomic mass is 10.2. The minimum Gasteiger partial charge on any atom is -0.369 e. The molecule has 13 heavy (non-hydrogen) atoms. The first-order valence-corrected chi connectivity index (χ1v) is 4.66. The molecular formula is C9H17N3O. The van der Waals surface area contributed by atoms with Gasteiger partial charge < -0.3 is 10.5 Å². The molecule has 0 spiro atoms. The van der Waals surface area contributed by atoms with E-state index in [-0.39, 0.29) is 0 Å². The highest BCUT2D eigenvalue weighted by Gasteiger charge is 2.04. The number of aromatic nitrogens is 2. The van der Waals surface area contributed by atoms with Gasteiger partial charge in [0.15, 0.2) is 0 Å². The maximum absolute atomic E-state index is 5.61. The van der Waals surface area contributed by atoms with Crippen LogP contribution >= 0.6 is 0 Å². The summed E-state index contributed by atoms with van der Waals surface area (Å²) in [5, 5.41) is 0. The van der Waals surface area contributed by atoms with E-state index in [1.807, 2.05) is 6.20 Å². The summed E-state index contributed by atoms with van der Waals surface area (Å²) in [5.74, 6) is 0.506. The fourth-order valence-corrected chi connectivity index (χ4v) is 1.16. The van der Waals surface area contributed by atoms with Crippen LogP contribution in [-0.2, 0) is 11.5 Å². The third-order valence-electron chi connectivity index (χ3n) is 2.11. The highest BCUT2D eigenvalue weighted by molar-refractivity contribution is 5.15. The van der Waals surface area contributed by atoms with Gasteiger partial charge in [-0.25, -0.2) is 4.98 Å². The fourth-order valence-electron chi connectivity index (χ4n) is 1.16. The van der Waals surface area contributed by atoms with Crippen molar-refractivity contribution in [3.63, 3.8) is 0 Å². The minimum absolute atomic E-state index is 0.321. The van der Waals surface area contributed by atoms with Crippen molar-refractivity contribution in [3.8, 4) is 0 Å². The average Bonchev–Trinajstić information content (AvgIpc) is 2.54. The predicted molar refractivity (Wildman–Crippen MR) is 52.1 cm³/mol. The lowest BCUT2D eigenvalue weighted by Crippen LogP contribution is -2.14. The molecule has 1 heterocycles. The number of ether oxygens (including phenoxy) is 1. The van der Waals surface area contributed by atoms with E-state index in [1.54, 1.807) is 10.8 Å². The normalized spacial score (nSPS) is 11.0. The molecule has 0 aliphatic carbocycles. The van der Waals surface area contributed by atoms with E-state index in [4.69, 9.17) is 10.5 Å². The van der Waals surface area contributed by atoms with Gasteiger partial charge >= 0.3 is 0 Å². The largest absolute Gasteiger partial charge is 0.369 e. The molecule has 0 saturated carbocycles. The summed E-state index contributed by atoms with van der Waals surface area (Å²) >= 11 is 0. The molecular weight excluding hydrogens is 166 g/mol. The molecule has 4 nitrogen and oxygen atoms in total. The van der Waals surface area contributed by atoms with Crippen LogP contribution in [-0.4, -0.2) is 15.7 Å². The summed E-state index contributed by atoms with van der Waals surface area (Å²) in [7, 11) is 0. The zero-order valence-corrected chi connectivity index (χ0v) is 8.23. The first-order valence-electron chi connectivity index (χ1n) is 4.66. The second kappa shape index (κ2) is 4.87. The van der Waals surface area contributed by atoms with Crippen LogP contribution in [0.1, 0.15) is 26.7 Å². The van der Waals surface area contributed by atoms with Crippen molar-refractivity contribution in [2.45, 2.75) is 39.5 Å². The highest BCUT2D eigenvalue weighted by atomic mass is 16.5. The summed E-state index contributed by atoms with van der Waals surface area (Å²) in [6.07, 6.45) is 5.88. The third-order valence-corrected chi connectivity index (χ3v) is 2.11. The Balaban J connectivity index is 2.38. The van der Waals surface area contributed by atoms with Gasteiger partial charge in [0.25, 0.3) is 0 Å². The number of imidazole rings is 1. The summed E-state index contributed by atoms with van der Waals surface area (Å²) in [5.41, 5.74) is 5.58. The van der Waals surface area contributed by atoms with Crippen LogP contribution in [0.15, 0.2) is 12.4 Å². The summed E-state index contributed by atoms with van der Waals surface area (Å²) in [6.45, 7) is 4.73. The Morgan fingerprint density at radius 1 is 1.54 bits per heavy atom. The number of rotatable bonds is 5. The number of nitrogen functional groups attached to an aromatic ring is 1. The Morgan fingerprint density at radius 2 is 2.23 bits per heavy atom. The van der Waals surface area contributed by atoms with Gasteiger partial charge in [0.1, 0.15) is 6.73 Å². The van der Waals surface area contributed by atoms with Gasteiger partial charge in [-0.2, -0.15) is 0 Å². The van der Waals surface area contributed by atoms with E-state index in [0.717, 1.165) is 12.8 Å². The van der Waals surface area contributed by atoms with Crippen LogP contribution in [0, 0.1) is 0 Å². The van der Waals surface area contributed by atoms with Crippen molar-refractivity contribution in [1.29, 1.82) is 0 Å². The van der Waals surface area contributed by atoms with Crippen molar-refractivity contribution in [2.24, 2.45) is 0 Å². The average molecular weight is 183 g/mol. The first-order chi connectivity index (χ1) is 6.27. The third kappa shape index (κ3) is 2.73. The van der Waals surface area contributed by atoms with Crippen LogP contribution < -0.4 is 5.73 Å². The Kier molecular flexibility index (Phi) is 3.76. The van der Waals surface area contributed by atoms with Crippen LogP contribution in [0.5, 0.6) is 0 Å². The molecule has 0 bridgehead atoms. The second-order valence-corrected chi connectivity index (χ2v) is 2.99. The number of nitrogens with two attached hydrogens (primary N) is 1. The van der Waals surface area contributed by atoms with E-state index in [2.05, 4.69) is 18.8 Å². The molecule has 0 fully saturated rings. The molecule has 0 aromatic carbocycles. The molecule has 1 aromatic rings. The van der Waals surface area contributed by atoms with Crippen molar-refractivity contribution in [1.82, 2.24) is 9.55 Å². The number of hydrogen-bond donors (Lipinski definition) is 1. The monoisotopic (exact) mass is 183 g/mol. The summed E-state index contributed by atoms with van der Waals surface area (Å²) < 4.78 is 7.40. The second-order valence-electron chi connectivity index (χ2n) is 2.99. The van der Waals surface area contributed by atoms with Gasteiger partial charge in [0, 0.05) is 12.4 Å².